The van der Waals surface area contributed by atoms with Gasteiger partial charge in [0, 0.05) is 23.8 Å². The normalized spacial score (nSPS) is 27.3. The molecule has 96 valence electrons. The second-order valence-electron chi connectivity index (χ2n) is 5.43. The number of anilines is 1. The number of hydrogen-bond donors (Lipinski definition) is 2. The average molecular weight is 245 g/mol. The van der Waals surface area contributed by atoms with E-state index in [2.05, 4.69) is 35.6 Å². The zero-order valence-electron chi connectivity index (χ0n) is 10.9. The lowest BCUT2D eigenvalue weighted by atomic mass is 10.0. The fraction of sp³-hybridized carbons (Fsp3) is 0.500. The van der Waals surface area contributed by atoms with Crippen molar-refractivity contribution in [2.75, 3.05) is 25.5 Å². The van der Waals surface area contributed by atoms with Gasteiger partial charge in [0.25, 0.3) is 0 Å². The van der Waals surface area contributed by atoms with E-state index in [1.165, 1.54) is 5.56 Å². The lowest BCUT2D eigenvalue weighted by molar-refractivity contribution is -0.117. The number of carbonyl (C=O) groups excluding carboxylic acids is 1. The first kappa shape index (κ1) is 11.7. The van der Waals surface area contributed by atoms with Crippen molar-refractivity contribution in [3.63, 3.8) is 0 Å². The molecule has 0 spiro atoms. The maximum absolute atomic E-state index is 12.0. The molecule has 3 rings (SSSR count). The Morgan fingerprint density at radius 2 is 2.28 bits per heavy atom. The standard InChI is InChI=1S/C14H19N3O/c1-9-3-4-12-11(7-9)13(14(18)16-12)15-10-5-6-17(2)8-10/h3-4,7,10,13,15H,5-6,8H2,1-2H3,(H,16,18). The topological polar surface area (TPSA) is 44.4 Å². The van der Waals surface area contributed by atoms with E-state index in [0.717, 1.165) is 30.8 Å². The van der Waals surface area contributed by atoms with Crippen LogP contribution in [-0.4, -0.2) is 37.0 Å². The van der Waals surface area contributed by atoms with Crippen molar-refractivity contribution < 1.29 is 4.79 Å². The first-order valence-electron chi connectivity index (χ1n) is 6.49. The van der Waals surface area contributed by atoms with E-state index in [-0.39, 0.29) is 11.9 Å². The number of likely N-dealkylation sites (tertiary alicyclic amines) is 1. The first-order chi connectivity index (χ1) is 8.63. The fourth-order valence-corrected chi connectivity index (χ4v) is 2.85. The van der Waals surface area contributed by atoms with E-state index >= 15 is 0 Å². The van der Waals surface area contributed by atoms with E-state index in [9.17, 15) is 4.79 Å². The van der Waals surface area contributed by atoms with Crippen LogP contribution < -0.4 is 10.6 Å². The Morgan fingerprint density at radius 1 is 1.44 bits per heavy atom. The maximum atomic E-state index is 12.0. The van der Waals surface area contributed by atoms with E-state index in [1.807, 2.05) is 12.1 Å². The van der Waals surface area contributed by atoms with Crippen molar-refractivity contribution in [3.05, 3.63) is 29.3 Å². The molecule has 2 N–H and O–H groups in total. The number of nitrogens with zero attached hydrogens (tertiary/aromatic N) is 1. The van der Waals surface area contributed by atoms with Crippen LogP contribution in [0, 0.1) is 6.92 Å². The van der Waals surface area contributed by atoms with E-state index in [1.54, 1.807) is 0 Å². The third-order valence-electron chi connectivity index (χ3n) is 3.83. The summed E-state index contributed by atoms with van der Waals surface area (Å²) >= 11 is 0. The Labute approximate surface area is 107 Å². The molecule has 0 aliphatic carbocycles. The van der Waals surface area contributed by atoms with Crippen molar-refractivity contribution in [2.24, 2.45) is 0 Å². The Bertz CT molecular complexity index is 486. The van der Waals surface area contributed by atoms with Gasteiger partial charge >= 0.3 is 0 Å². The van der Waals surface area contributed by atoms with Gasteiger partial charge in [-0.2, -0.15) is 0 Å². The third kappa shape index (κ3) is 2.02. The Balaban J connectivity index is 1.81. The number of rotatable bonds is 2. The molecule has 1 aromatic carbocycles. The highest BCUT2D eigenvalue weighted by Gasteiger charge is 2.33. The molecule has 2 unspecified atom stereocenters. The lowest BCUT2D eigenvalue weighted by Crippen LogP contribution is -2.37. The molecular weight excluding hydrogens is 226 g/mol. The van der Waals surface area contributed by atoms with Gasteiger partial charge in [-0.3, -0.25) is 10.1 Å². The number of aryl methyl sites for hydroxylation is 1. The smallest absolute Gasteiger partial charge is 0.246 e. The van der Waals surface area contributed by atoms with Crippen LogP contribution in [-0.2, 0) is 4.79 Å². The molecular formula is C14H19N3O. The highest BCUT2D eigenvalue weighted by molar-refractivity contribution is 6.02. The van der Waals surface area contributed by atoms with Crippen LogP contribution in [0.5, 0.6) is 0 Å². The molecule has 4 nitrogen and oxygen atoms in total. The van der Waals surface area contributed by atoms with Crippen molar-refractivity contribution in [1.29, 1.82) is 0 Å². The molecule has 1 fully saturated rings. The molecule has 2 atom stereocenters. The van der Waals surface area contributed by atoms with Crippen LogP contribution in [0.1, 0.15) is 23.6 Å². The molecule has 4 heteroatoms. The summed E-state index contributed by atoms with van der Waals surface area (Å²) in [4.78, 5) is 14.3. The average Bonchev–Trinajstić information content (AvgIpc) is 2.86. The number of fused-ring (bicyclic) bond motifs is 1. The van der Waals surface area contributed by atoms with Crippen molar-refractivity contribution >= 4 is 11.6 Å². The summed E-state index contributed by atoms with van der Waals surface area (Å²) < 4.78 is 0. The first-order valence-corrected chi connectivity index (χ1v) is 6.49. The summed E-state index contributed by atoms with van der Waals surface area (Å²) in [5.74, 6) is 0.0742. The van der Waals surface area contributed by atoms with Gasteiger partial charge in [-0.15, -0.1) is 0 Å². The van der Waals surface area contributed by atoms with Crippen LogP contribution in [0.2, 0.25) is 0 Å². The molecule has 1 amide bonds. The van der Waals surface area contributed by atoms with Crippen LogP contribution in [0.25, 0.3) is 0 Å². The number of likely N-dealkylation sites (N-methyl/N-ethyl adjacent to an activating group) is 1. The predicted octanol–water partition coefficient (Wildman–Crippen LogP) is 1.28. The second-order valence-corrected chi connectivity index (χ2v) is 5.43. The van der Waals surface area contributed by atoms with E-state index in [4.69, 9.17) is 0 Å². The molecule has 0 bridgehead atoms. The maximum Gasteiger partial charge on any atom is 0.246 e. The summed E-state index contributed by atoms with van der Waals surface area (Å²) in [7, 11) is 2.12. The highest BCUT2D eigenvalue weighted by Crippen LogP contribution is 2.32. The zero-order valence-corrected chi connectivity index (χ0v) is 10.9. The molecule has 0 aromatic heterocycles. The highest BCUT2D eigenvalue weighted by atomic mass is 16.2. The zero-order chi connectivity index (χ0) is 12.7. The third-order valence-corrected chi connectivity index (χ3v) is 3.83. The number of amides is 1. The quantitative estimate of drug-likeness (QED) is 0.825. The van der Waals surface area contributed by atoms with Crippen LogP contribution >= 0.6 is 0 Å². The molecule has 1 aromatic rings. The van der Waals surface area contributed by atoms with Gasteiger partial charge in [0.2, 0.25) is 5.91 Å². The fourth-order valence-electron chi connectivity index (χ4n) is 2.85. The number of benzene rings is 1. The summed E-state index contributed by atoms with van der Waals surface area (Å²) in [5, 5.41) is 6.43. The Morgan fingerprint density at radius 3 is 3.00 bits per heavy atom. The number of nitrogens with one attached hydrogen (secondary N) is 2. The van der Waals surface area contributed by atoms with Gasteiger partial charge in [0.1, 0.15) is 6.04 Å². The predicted molar refractivity (Wildman–Crippen MR) is 71.6 cm³/mol. The molecule has 0 radical (unpaired) electrons. The van der Waals surface area contributed by atoms with Gasteiger partial charge in [0.05, 0.1) is 0 Å². The van der Waals surface area contributed by atoms with Crippen LogP contribution in [0.4, 0.5) is 5.69 Å². The Kier molecular flexibility index (Phi) is 2.84. The molecule has 0 saturated carbocycles. The Hall–Kier alpha value is -1.39. The van der Waals surface area contributed by atoms with Crippen molar-refractivity contribution in [1.82, 2.24) is 10.2 Å². The minimum atomic E-state index is -0.184. The van der Waals surface area contributed by atoms with Gasteiger partial charge in [-0.25, -0.2) is 0 Å². The molecule has 1 saturated heterocycles. The van der Waals surface area contributed by atoms with Gasteiger partial charge < -0.3 is 10.2 Å². The summed E-state index contributed by atoms with van der Waals surface area (Å²) in [6.07, 6.45) is 1.11. The molecule has 18 heavy (non-hydrogen) atoms. The largest absolute Gasteiger partial charge is 0.324 e. The number of carbonyl (C=O) groups is 1. The molecule has 2 aliphatic heterocycles. The van der Waals surface area contributed by atoms with E-state index < -0.39 is 0 Å². The van der Waals surface area contributed by atoms with Crippen LogP contribution in [0.3, 0.4) is 0 Å². The summed E-state index contributed by atoms with van der Waals surface area (Å²) in [6.45, 7) is 4.18. The summed E-state index contributed by atoms with van der Waals surface area (Å²) in [5.41, 5.74) is 3.24. The minimum absolute atomic E-state index is 0.0742. The monoisotopic (exact) mass is 245 g/mol. The molecule has 2 aliphatic rings. The van der Waals surface area contributed by atoms with E-state index in [0.29, 0.717) is 6.04 Å². The summed E-state index contributed by atoms with van der Waals surface area (Å²) in [6, 6.07) is 6.35. The van der Waals surface area contributed by atoms with Gasteiger partial charge in [-0.1, -0.05) is 17.7 Å². The van der Waals surface area contributed by atoms with Crippen molar-refractivity contribution in [2.45, 2.75) is 25.4 Å². The molecule has 2 heterocycles. The lowest BCUT2D eigenvalue weighted by Gasteiger charge is -2.18. The van der Waals surface area contributed by atoms with Gasteiger partial charge in [-0.05, 0) is 33.0 Å². The minimum Gasteiger partial charge on any atom is -0.324 e. The van der Waals surface area contributed by atoms with Crippen molar-refractivity contribution in [3.8, 4) is 0 Å². The number of hydrogen-bond acceptors (Lipinski definition) is 3. The van der Waals surface area contributed by atoms with Gasteiger partial charge in [0.15, 0.2) is 0 Å². The van der Waals surface area contributed by atoms with Crippen LogP contribution in [0.15, 0.2) is 18.2 Å². The SMILES string of the molecule is Cc1ccc2c(c1)C(NC1CCN(C)C1)C(=O)N2. The second kappa shape index (κ2) is 4.37.